The first-order valence-corrected chi connectivity index (χ1v) is 13.2. The molecule has 26 heavy (non-hydrogen) atoms. The fourth-order valence-corrected chi connectivity index (χ4v) is 8.55. The van der Waals surface area contributed by atoms with Crippen LogP contribution in [0.15, 0.2) is 0 Å². The summed E-state index contributed by atoms with van der Waals surface area (Å²) in [5.74, 6) is 0. The second-order valence-electron chi connectivity index (χ2n) is 9.21. The Morgan fingerprint density at radius 1 is 0.692 bits per heavy atom. The summed E-state index contributed by atoms with van der Waals surface area (Å²) in [4.78, 5) is 0. The Labute approximate surface area is 161 Å². The zero-order chi connectivity index (χ0) is 18.5. The molecule has 0 spiro atoms. The van der Waals surface area contributed by atoms with Crippen molar-refractivity contribution in [2.45, 2.75) is 140 Å². The average molecular weight is 385 g/mol. The van der Waals surface area contributed by atoms with Crippen LogP contribution in [0.3, 0.4) is 0 Å². The average Bonchev–Trinajstić information content (AvgIpc) is 2.70. The Morgan fingerprint density at radius 2 is 1.08 bits per heavy atom. The van der Waals surface area contributed by atoms with E-state index in [0.717, 1.165) is 51.4 Å². The highest BCUT2D eigenvalue weighted by atomic mass is 31.2. The quantitative estimate of drug-likeness (QED) is 0.420. The second-order valence-corrected chi connectivity index (χ2v) is 11.4. The highest BCUT2D eigenvalue weighted by Gasteiger charge is 2.49. The lowest BCUT2D eigenvalue weighted by atomic mass is 9.83. The molecule has 0 aromatic rings. The standard InChI is InChI=1S/C22H41O3P/c1-3-21(16-10-6-11-17-21)24-26(23,20-14-8-5-9-15-20)25-22(4-2)18-12-7-13-19-22/h20H,3-19H2,1-2H3. The smallest absolute Gasteiger partial charge is 0.302 e. The summed E-state index contributed by atoms with van der Waals surface area (Å²) in [6.45, 7) is 4.43. The molecule has 3 saturated carbocycles. The van der Waals surface area contributed by atoms with E-state index in [9.17, 15) is 4.57 Å². The third-order valence-corrected chi connectivity index (χ3v) is 10.2. The van der Waals surface area contributed by atoms with E-state index in [1.165, 1.54) is 57.8 Å². The van der Waals surface area contributed by atoms with Gasteiger partial charge in [0.25, 0.3) is 0 Å². The van der Waals surface area contributed by atoms with E-state index in [0.29, 0.717) is 0 Å². The van der Waals surface area contributed by atoms with Gasteiger partial charge in [0.15, 0.2) is 0 Å². The van der Waals surface area contributed by atoms with Crippen molar-refractivity contribution < 1.29 is 13.6 Å². The summed E-state index contributed by atoms with van der Waals surface area (Å²) in [6.07, 6.45) is 19.2. The SMILES string of the molecule is CCC1(OP(=O)(OC2(CC)CCCCC2)C2CCCCC2)CCCCC1. The molecule has 4 heteroatoms. The molecule has 3 nitrogen and oxygen atoms in total. The number of hydrogen-bond acceptors (Lipinski definition) is 3. The van der Waals surface area contributed by atoms with E-state index >= 15 is 0 Å². The van der Waals surface area contributed by atoms with Gasteiger partial charge in [-0.25, -0.2) is 0 Å². The highest BCUT2D eigenvalue weighted by molar-refractivity contribution is 7.54. The maximum atomic E-state index is 14.4. The molecule has 0 atom stereocenters. The summed E-state index contributed by atoms with van der Waals surface area (Å²) in [5.41, 5.74) is -0.268. The molecule has 0 heterocycles. The Bertz CT molecular complexity index is 440. The first-order valence-electron chi connectivity index (χ1n) is 11.6. The van der Waals surface area contributed by atoms with Crippen LogP contribution in [0.25, 0.3) is 0 Å². The van der Waals surface area contributed by atoms with Crippen LogP contribution in [0.5, 0.6) is 0 Å². The predicted octanol–water partition coefficient (Wildman–Crippen LogP) is 7.77. The van der Waals surface area contributed by atoms with Gasteiger partial charge in [0.1, 0.15) is 0 Å². The fourth-order valence-electron chi connectivity index (χ4n) is 5.52. The second kappa shape index (κ2) is 9.10. The van der Waals surface area contributed by atoms with Gasteiger partial charge in [0.2, 0.25) is 0 Å². The van der Waals surface area contributed by atoms with Gasteiger partial charge in [-0.15, -0.1) is 0 Å². The molecular weight excluding hydrogens is 343 g/mol. The summed E-state index contributed by atoms with van der Waals surface area (Å²) >= 11 is 0. The van der Waals surface area contributed by atoms with Crippen molar-refractivity contribution in [3.63, 3.8) is 0 Å². The van der Waals surface area contributed by atoms with Crippen molar-refractivity contribution in [2.75, 3.05) is 0 Å². The van der Waals surface area contributed by atoms with Gasteiger partial charge in [-0.2, -0.15) is 0 Å². The number of rotatable bonds is 7. The van der Waals surface area contributed by atoms with E-state index in [-0.39, 0.29) is 16.9 Å². The molecule has 0 radical (unpaired) electrons. The van der Waals surface area contributed by atoms with E-state index < -0.39 is 7.60 Å². The Hall–Kier alpha value is 0.150. The van der Waals surface area contributed by atoms with E-state index in [4.69, 9.17) is 9.05 Å². The lowest BCUT2D eigenvalue weighted by Gasteiger charge is -2.46. The molecule has 0 aromatic heterocycles. The van der Waals surface area contributed by atoms with Crippen LogP contribution in [0.2, 0.25) is 0 Å². The third kappa shape index (κ3) is 4.76. The zero-order valence-corrected chi connectivity index (χ0v) is 18.2. The van der Waals surface area contributed by atoms with Crippen LogP contribution in [-0.4, -0.2) is 16.9 Å². The lowest BCUT2D eigenvalue weighted by molar-refractivity contribution is -0.0378. The summed E-state index contributed by atoms with van der Waals surface area (Å²) in [7, 11) is -3.10. The van der Waals surface area contributed by atoms with Crippen molar-refractivity contribution >= 4 is 7.60 Å². The summed E-state index contributed by atoms with van der Waals surface area (Å²) < 4.78 is 27.8. The Balaban J connectivity index is 1.84. The molecule has 0 aromatic carbocycles. The van der Waals surface area contributed by atoms with E-state index in [1.807, 2.05) is 0 Å². The maximum absolute atomic E-state index is 14.4. The first kappa shape index (κ1) is 20.9. The Kier molecular flexibility index (Phi) is 7.30. The topological polar surface area (TPSA) is 35.5 Å². The van der Waals surface area contributed by atoms with Gasteiger partial charge in [0, 0.05) is 0 Å². The van der Waals surface area contributed by atoms with Crippen LogP contribution < -0.4 is 0 Å². The minimum absolute atomic E-state index is 0.131. The first-order chi connectivity index (χ1) is 12.6. The summed E-state index contributed by atoms with van der Waals surface area (Å²) in [6, 6.07) is 0. The van der Waals surface area contributed by atoms with Crippen molar-refractivity contribution in [1.82, 2.24) is 0 Å². The monoisotopic (exact) mass is 384 g/mol. The van der Waals surface area contributed by atoms with E-state index in [2.05, 4.69) is 13.8 Å². The van der Waals surface area contributed by atoms with Crippen molar-refractivity contribution in [3.05, 3.63) is 0 Å². The molecule has 3 fully saturated rings. The van der Waals surface area contributed by atoms with Crippen LogP contribution in [0.1, 0.15) is 123 Å². The fraction of sp³-hybridized carbons (Fsp3) is 1.00. The van der Waals surface area contributed by atoms with Gasteiger partial charge in [-0.1, -0.05) is 71.6 Å². The highest BCUT2D eigenvalue weighted by Crippen LogP contribution is 2.65. The van der Waals surface area contributed by atoms with Crippen molar-refractivity contribution in [3.8, 4) is 0 Å². The molecule has 152 valence electrons. The van der Waals surface area contributed by atoms with Crippen LogP contribution in [0.4, 0.5) is 0 Å². The molecule has 0 N–H and O–H groups in total. The normalized spacial score (nSPS) is 27.3. The minimum atomic E-state index is -3.10. The van der Waals surface area contributed by atoms with Crippen LogP contribution in [-0.2, 0) is 13.6 Å². The molecule has 0 saturated heterocycles. The molecule has 3 rings (SSSR count). The van der Waals surface area contributed by atoms with Gasteiger partial charge in [0.05, 0.1) is 16.9 Å². The minimum Gasteiger partial charge on any atom is -0.302 e. The van der Waals surface area contributed by atoms with Gasteiger partial charge in [-0.3, -0.25) is 4.57 Å². The van der Waals surface area contributed by atoms with E-state index in [1.54, 1.807) is 0 Å². The van der Waals surface area contributed by atoms with Crippen LogP contribution in [0, 0.1) is 0 Å². The van der Waals surface area contributed by atoms with Crippen molar-refractivity contribution in [2.24, 2.45) is 0 Å². The molecule has 0 aliphatic heterocycles. The molecule has 3 aliphatic carbocycles. The predicted molar refractivity (Wildman–Crippen MR) is 109 cm³/mol. The van der Waals surface area contributed by atoms with Crippen molar-refractivity contribution in [1.29, 1.82) is 0 Å². The lowest BCUT2D eigenvalue weighted by Crippen LogP contribution is -2.39. The summed E-state index contributed by atoms with van der Waals surface area (Å²) in [5, 5.41) is 0. The van der Waals surface area contributed by atoms with Gasteiger partial charge < -0.3 is 9.05 Å². The maximum Gasteiger partial charge on any atom is 0.334 e. The van der Waals surface area contributed by atoms with Crippen LogP contribution >= 0.6 is 7.60 Å². The molecular formula is C22H41O3P. The third-order valence-electron chi connectivity index (χ3n) is 7.48. The Morgan fingerprint density at radius 3 is 1.46 bits per heavy atom. The number of hydrogen-bond donors (Lipinski definition) is 0. The largest absolute Gasteiger partial charge is 0.334 e. The molecule has 0 amide bonds. The molecule has 3 aliphatic rings. The van der Waals surface area contributed by atoms with Gasteiger partial charge in [-0.05, 0) is 51.4 Å². The van der Waals surface area contributed by atoms with Gasteiger partial charge >= 0.3 is 7.60 Å². The molecule has 0 unspecified atom stereocenters. The molecule has 0 bridgehead atoms. The zero-order valence-electron chi connectivity index (χ0n) is 17.3.